The first-order chi connectivity index (χ1) is 8.97. The third-order valence-electron chi connectivity index (χ3n) is 3.63. The average molecular weight is 333 g/mol. The smallest absolute Gasteiger partial charge is 0.149 e. The second-order valence-electron chi connectivity index (χ2n) is 5.29. The van der Waals surface area contributed by atoms with Gasteiger partial charge in [-0.15, -0.1) is 0 Å². The molecule has 1 aliphatic heterocycles. The van der Waals surface area contributed by atoms with Crippen LogP contribution in [-0.2, 0) is 0 Å². The minimum Gasteiger partial charge on any atom is -0.380 e. The van der Waals surface area contributed by atoms with Gasteiger partial charge in [0.05, 0.1) is 10.2 Å². The number of nitrogens with zero attached hydrogens (tertiary/aromatic N) is 1. The highest BCUT2D eigenvalue weighted by Gasteiger charge is 2.21. The Morgan fingerprint density at radius 1 is 1.21 bits per heavy atom. The van der Waals surface area contributed by atoms with Gasteiger partial charge in [0, 0.05) is 31.2 Å². The molecule has 2 rings (SSSR count). The molecule has 106 valence electrons. The maximum Gasteiger partial charge on any atom is 0.149 e. The van der Waals surface area contributed by atoms with E-state index in [0.29, 0.717) is 11.7 Å². The predicted octanol–water partition coefficient (Wildman–Crippen LogP) is 4.01. The molecule has 0 amide bonds. The molecule has 5 heteroatoms. The van der Waals surface area contributed by atoms with E-state index in [2.05, 4.69) is 40.0 Å². The molecule has 1 N–H and O–H groups in total. The first-order valence-corrected chi connectivity index (χ1v) is 7.42. The summed E-state index contributed by atoms with van der Waals surface area (Å²) in [5, 5.41) is 3.18. The highest BCUT2D eigenvalue weighted by molar-refractivity contribution is 9.10. The lowest BCUT2D eigenvalue weighted by atomic mass is 10.0. The quantitative estimate of drug-likeness (QED) is 0.841. The molecule has 0 unspecified atom stereocenters. The number of hydrogen-bond acceptors (Lipinski definition) is 2. The van der Waals surface area contributed by atoms with Gasteiger partial charge in [0.1, 0.15) is 11.6 Å². The number of piperidine rings is 1. The van der Waals surface area contributed by atoms with E-state index in [1.165, 1.54) is 6.07 Å². The van der Waals surface area contributed by atoms with Crippen molar-refractivity contribution >= 4 is 21.6 Å². The van der Waals surface area contributed by atoms with Gasteiger partial charge in [-0.3, -0.25) is 0 Å². The molecule has 1 heterocycles. The molecular formula is C14H19BrF2N2. The van der Waals surface area contributed by atoms with Crippen molar-refractivity contribution in [3.63, 3.8) is 0 Å². The normalized spacial score (nSPS) is 18.0. The van der Waals surface area contributed by atoms with Crippen LogP contribution in [0.5, 0.6) is 0 Å². The maximum absolute atomic E-state index is 13.7. The molecule has 0 radical (unpaired) electrons. The van der Waals surface area contributed by atoms with Crippen molar-refractivity contribution in [3.05, 3.63) is 28.2 Å². The van der Waals surface area contributed by atoms with Crippen LogP contribution in [0.1, 0.15) is 26.7 Å². The second-order valence-corrected chi connectivity index (χ2v) is 6.15. The molecule has 0 bridgehead atoms. The zero-order valence-electron chi connectivity index (χ0n) is 11.2. The largest absolute Gasteiger partial charge is 0.380 e. The fraction of sp³-hybridized carbons (Fsp3) is 0.571. The molecule has 0 spiro atoms. The van der Waals surface area contributed by atoms with Gasteiger partial charge in [0.25, 0.3) is 0 Å². The Morgan fingerprint density at radius 2 is 1.84 bits per heavy atom. The van der Waals surface area contributed by atoms with E-state index in [4.69, 9.17) is 0 Å². The molecule has 2 nitrogen and oxygen atoms in total. The minimum atomic E-state index is -0.572. The topological polar surface area (TPSA) is 15.3 Å². The lowest BCUT2D eigenvalue weighted by Gasteiger charge is -2.35. The highest BCUT2D eigenvalue weighted by Crippen LogP contribution is 2.26. The summed E-state index contributed by atoms with van der Waals surface area (Å²) >= 11 is 3.08. The Balaban J connectivity index is 1.98. The predicted molar refractivity (Wildman–Crippen MR) is 77.4 cm³/mol. The number of halogens is 3. The van der Waals surface area contributed by atoms with Crippen molar-refractivity contribution in [2.24, 2.45) is 0 Å². The van der Waals surface area contributed by atoms with E-state index in [-0.39, 0.29) is 10.5 Å². The number of nitrogens with one attached hydrogen (secondary N) is 1. The molecule has 19 heavy (non-hydrogen) atoms. The summed E-state index contributed by atoms with van der Waals surface area (Å²) < 4.78 is 27.1. The summed E-state index contributed by atoms with van der Waals surface area (Å²) in [4.78, 5) is 2.41. The van der Waals surface area contributed by atoms with Gasteiger partial charge in [-0.25, -0.2) is 8.78 Å². The molecule has 1 aromatic rings. The number of anilines is 1. The molecule has 1 aromatic carbocycles. The fourth-order valence-corrected chi connectivity index (χ4v) is 2.76. The van der Waals surface area contributed by atoms with E-state index in [1.807, 2.05) is 0 Å². The first-order valence-electron chi connectivity index (χ1n) is 6.62. The Morgan fingerprint density at radius 3 is 2.42 bits per heavy atom. The third kappa shape index (κ3) is 3.66. The lowest BCUT2D eigenvalue weighted by Crippen LogP contribution is -2.42. The van der Waals surface area contributed by atoms with E-state index in [0.717, 1.165) is 32.0 Å². The van der Waals surface area contributed by atoms with Crippen LogP contribution >= 0.6 is 15.9 Å². The van der Waals surface area contributed by atoms with E-state index in [1.54, 1.807) is 0 Å². The summed E-state index contributed by atoms with van der Waals surface area (Å²) in [6.45, 7) is 6.40. The Hall–Kier alpha value is -0.680. The average Bonchev–Trinajstić information content (AvgIpc) is 2.36. The van der Waals surface area contributed by atoms with E-state index >= 15 is 0 Å². The van der Waals surface area contributed by atoms with Crippen molar-refractivity contribution in [2.45, 2.75) is 38.8 Å². The van der Waals surface area contributed by atoms with Crippen LogP contribution in [0, 0.1) is 11.6 Å². The van der Waals surface area contributed by atoms with Gasteiger partial charge >= 0.3 is 0 Å². The summed E-state index contributed by atoms with van der Waals surface area (Å²) in [6.07, 6.45) is 1.96. The van der Waals surface area contributed by atoms with Crippen molar-refractivity contribution in [1.29, 1.82) is 0 Å². The van der Waals surface area contributed by atoms with Gasteiger partial charge in [-0.2, -0.15) is 0 Å². The standard InChI is InChI=1S/C14H19BrF2N2/c1-9(2)19-5-3-10(4-6-19)18-14-7-11(15)12(16)8-13(14)17/h7-10,18H,3-6H2,1-2H3. The van der Waals surface area contributed by atoms with Crippen LogP contribution in [-0.4, -0.2) is 30.1 Å². The van der Waals surface area contributed by atoms with E-state index < -0.39 is 11.6 Å². The number of rotatable bonds is 3. The van der Waals surface area contributed by atoms with Crippen molar-refractivity contribution in [1.82, 2.24) is 4.90 Å². The summed E-state index contributed by atoms with van der Waals surface area (Å²) in [5.41, 5.74) is 0.372. The zero-order valence-corrected chi connectivity index (χ0v) is 12.8. The number of benzene rings is 1. The number of hydrogen-bond donors (Lipinski definition) is 1. The third-order valence-corrected chi connectivity index (χ3v) is 4.24. The van der Waals surface area contributed by atoms with E-state index in [9.17, 15) is 8.78 Å². The summed E-state index contributed by atoms with van der Waals surface area (Å²) in [7, 11) is 0. The van der Waals surface area contributed by atoms with Gasteiger partial charge in [0.15, 0.2) is 0 Å². The SMILES string of the molecule is CC(C)N1CCC(Nc2cc(Br)c(F)cc2F)CC1. The van der Waals surface area contributed by atoms with Crippen molar-refractivity contribution < 1.29 is 8.78 Å². The molecule has 0 aromatic heterocycles. The molecule has 1 fully saturated rings. The van der Waals surface area contributed by atoms with Gasteiger partial charge in [-0.1, -0.05) is 0 Å². The van der Waals surface area contributed by atoms with Crippen LogP contribution in [0.15, 0.2) is 16.6 Å². The molecule has 1 aliphatic rings. The molecule has 1 saturated heterocycles. The van der Waals surface area contributed by atoms with Gasteiger partial charge in [0.2, 0.25) is 0 Å². The highest BCUT2D eigenvalue weighted by atomic mass is 79.9. The van der Waals surface area contributed by atoms with Gasteiger partial charge in [-0.05, 0) is 48.7 Å². The Bertz CT molecular complexity index is 443. The summed E-state index contributed by atoms with van der Waals surface area (Å²) in [6, 6.07) is 3.19. The van der Waals surface area contributed by atoms with Gasteiger partial charge < -0.3 is 10.2 Å². The van der Waals surface area contributed by atoms with Crippen LogP contribution in [0.25, 0.3) is 0 Å². The van der Waals surface area contributed by atoms with Crippen molar-refractivity contribution in [2.75, 3.05) is 18.4 Å². The molecule has 0 saturated carbocycles. The van der Waals surface area contributed by atoms with Crippen LogP contribution in [0.2, 0.25) is 0 Å². The first kappa shape index (κ1) is 14.7. The molecule has 0 aliphatic carbocycles. The van der Waals surface area contributed by atoms with Crippen LogP contribution in [0.4, 0.5) is 14.5 Å². The molecular weight excluding hydrogens is 314 g/mol. The Labute approximate surface area is 121 Å². The lowest BCUT2D eigenvalue weighted by molar-refractivity contribution is 0.177. The monoisotopic (exact) mass is 332 g/mol. The minimum absolute atomic E-state index is 0.252. The van der Waals surface area contributed by atoms with Crippen molar-refractivity contribution in [3.8, 4) is 0 Å². The summed E-state index contributed by atoms with van der Waals surface area (Å²) in [5.74, 6) is -1.11. The second kappa shape index (κ2) is 6.18. The van der Waals surface area contributed by atoms with Crippen LogP contribution in [0.3, 0.4) is 0 Å². The maximum atomic E-state index is 13.7. The molecule has 0 atom stereocenters. The van der Waals surface area contributed by atoms with Crippen LogP contribution < -0.4 is 5.32 Å². The number of likely N-dealkylation sites (tertiary alicyclic amines) is 1. The zero-order chi connectivity index (χ0) is 14.0. The Kier molecular flexibility index (Phi) is 4.79. The fourth-order valence-electron chi connectivity index (χ4n) is 2.41.